The molecule has 0 aliphatic carbocycles. The van der Waals surface area contributed by atoms with Crippen LogP contribution in [0, 0.1) is 0 Å². The second-order valence-corrected chi connectivity index (χ2v) is 9.08. The van der Waals surface area contributed by atoms with Crippen molar-refractivity contribution in [1.82, 2.24) is 14.9 Å². The zero-order valence-electron chi connectivity index (χ0n) is 16.0. The van der Waals surface area contributed by atoms with Crippen molar-refractivity contribution >= 4 is 37.8 Å². The van der Waals surface area contributed by atoms with Crippen LogP contribution in [0.15, 0.2) is 57.9 Å². The van der Waals surface area contributed by atoms with Crippen LogP contribution in [0.1, 0.15) is 5.56 Å². The Hall–Kier alpha value is -2.43. The van der Waals surface area contributed by atoms with Crippen LogP contribution in [0.2, 0.25) is 0 Å². The number of ether oxygens (including phenoxy) is 1. The predicted octanol–water partition coefficient (Wildman–Crippen LogP) is 1.51. The number of carbonyl (C=O) groups excluding carboxylic acids is 2. The minimum Gasteiger partial charge on any atom is -0.497 e. The summed E-state index contributed by atoms with van der Waals surface area (Å²) in [6, 6.07) is 13.3. The molecule has 0 radical (unpaired) electrons. The van der Waals surface area contributed by atoms with E-state index in [1.54, 1.807) is 31.4 Å². The van der Waals surface area contributed by atoms with Gasteiger partial charge in [0.05, 0.1) is 25.1 Å². The SMILES string of the molecule is COc1ccc(CNC(=O)CNC(=O)CN(C)S(=O)(=O)c2ccc(Br)cc2)cc1. The molecule has 0 spiro atoms. The molecule has 0 aliphatic rings. The molecule has 0 atom stereocenters. The highest BCUT2D eigenvalue weighted by atomic mass is 79.9. The second-order valence-electron chi connectivity index (χ2n) is 6.12. The van der Waals surface area contributed by atoms with Crippen LogP contribution in [-0.4, -0.2) is 51.8 Å². The Labute approximate surface area is 178 Å². The van der Waals surface area contributed by atoms with E-state index in [2.05, 4.69) is 26.6 Å². The summed E-state index contributed by atoms with van der Waals surface area (Å²) in [7, 11) is -0.924. The van der Waals surface area contributed by atoms with E-state index in [0.29, 0.717) is 6.54 Å². The van der Waals surface area contributed by atoms with Gasteiger partial charge in [-0.2, -0.15) is 4.31 Å². The van der Waals surface area contributed by atoms with Crippen molar-refractivity contribution in [2.45, 2.75) is 11.4 Å². The fourth-order valence-corrected chi connectivity index (χ4v) is 3.71. The molecule has 0 saturated carbocycles. The van der Waals surface area contributed by atoms with Gasteiger partial charge >= 0.3 is 0 Å². The molecule has 156 valence electrons. The van der Waals surface area contributed by atoms with Crippen LogP contribution >= 0.6 is 15.9 Å². The molecule has 0 heterocycles. The molecular formula is C19H22BrN3O5S. The normalized spacial score (nSPS) is 11.2. The first-order chi connectivity index (χ1) is 13.7. The third-order valence-electron chi connectivity index (χ3n) is 3.98. The third-order valence-corrected chi connectivity index (χ3v) is 6.33. The van der Waals surface area contributed by atoms with Gasteiger partial charge in [0.25, 0.3) is 0 Å². The quantitative estimate of drug-likeness (QED) is 0.562. The number of benzene rings is 2. The number of amides is 2. The van der Waals surface area contributed by atoms with Crippen LogP contribution in [0.5, 0.6) is 5.75 Å². The first-order valence-electron chi connectivity index (χ1n) is 8.60. The van der Waals surface area contributed by atoms with Gasteiger partial charge in [0.15, 0.2) is 0 Å². The molecule has 0 aromatic heterocycles. The minimum atomic E-state index is -3.80. The highest BCUT2D eigenvalue weighted by molar-refractivity contribution is 9.10. The average molecular weight is 484 g/mol. The lowest BCUT2D eigenvalue weighted by Crippen LogP contribution is -2.42. The summed E-state index contributed by atoms with van der Waals surface area (Å²) in [6.07, 6.45) is 0. The molecular weight excluding hydrogens is 462 g/mol. The summed E-state index contributed by atoms with van der Waals surface area (Å²) >= 11 is 3.24. The van der Waals surface area contributed by atoms with Gasteiger partial charge in [-0.1, -0.05) is 28.1 Å². The number of likely N-dealkylation sites (N-methyl/N-ethyl adjacent to an activating group) is 1. The van der Waals surface area contributed by atoms with Crippen molar-refractivity contribution in [3.63, 3.8) is 0 Å². The Bertz CT molecular complexity index is 947. The van der Waals surface area contributed by atoms with Gasteiger partial charge in [-0.3, -0.25) is 9.59 Å². The monoisotopic (exact) mass is 483 g/mol. The van der Waals surface area contributed by atoms with Gasteiger partial charge in [-0.15, -0.1) is 0 Å². The van der Waals surface area contributed by atoms with Gasteiger partial charge in [-0.05, 0) is 42.0 Å². The number of hydrogen-bond acceptors (Lipinski definition) is 5. The Balaban J connectivity index is 1.79. The van der Waals surface area contributed by atoms with E-state index >= 15 is 0 Å². The summed E-state index contributed by atoms with van der Waals surface area (Å²) in [5.41, 5.74) is 0.880. The van der Waals surface area contributed by atoms with E-state index in [9.17, 15) is 18.0 Å². The van der Waals surface area contributed by atoms with E-state index in [1.807, 2.05) is 12.1 Å². The summed E-state index contributed by atoms with van der Waals surface area (Å²) < 4.78 is 31.7. The molecule has 2 N–H and O–H groups in total. The summed E-state index contributed by atoms with van der Waals surface area (Å²) in [5.74, 6) is -0.241. The van der Waals surface area contributed by atoms with Crippen LogP contribution in [0.4, 0.5) is 0 Å². The Kier molecular flexibility index (Phi) is 8.18. The lowest BCUT2D eigenvalue weighted by atomic mass is 10.2. The molecule has 29 heavy (non-hydrogen) atoms. The lowest BCUT2D eigenvalue weighted by Gasteiger charge is -2.17. The van der Waals surface area contributed by atoms with E-state index in [-0.39, 0.29) is 17.3 Å². The molecule has 0 unspecified atom stereocenters. The van der Waals surface area contributed by atoms with Crippen molar-refractivity contribution < 1.29 is 22.7 Å². The highest BCUT2D eigenvalue weighted by Gasteiger charge is 2.23. The Morgan fingerprint density at radius 2 is 1.62 bits per heavy atom. The van der Waals surface area contributed by atoms with Crippen molar-refractivity contribution in [2.75, 3.05) is 27.2 Å². The second kappa shape index (κ2) is 10.4. The molecule has 0 bridgehead atoms. The first kappa shape index (κ1) is 22.9. The van der Waals surface area contributed by atoms with E-state index in [4.69, 9.17) is 4.74 Å². The Morgan fingerprint density at radius 3 is 2.21 bits per heavy atom. The van der Waals surface area contributed by atoms with E-state index in [0.717, 1.165) is 20.1 Å². The number of halogens is 1. The van der Waals surface area contributed by atoms with Crippen molar-refractivity contribution in [3.8, 4) is 5.75 Å². The van der Waals surface area contributed by atoms with Crippen LogP contribution in [0.25, 0.3) is 0 Å². The zero-order valence-corrected chi connectivity index (χ0v) is 18.4. The largest absolute Gasteiger partial charge is 0.497 e. The third kappa shape index (κ3) is 6.84. The maximum absolute atomic E-state index is 12.5. The van der Waals surface area contributed by atoms with Gasteiger partial charge < -0.3 is 15.4 Å². The maximum atomic E-state index is 12.5. The molecule has 0 saturated heterocycles. The van der Waals surface area contributed by atoms with Crippen molar-refractivity contribution in [1.29, 1.82) is 0 Å². The van der Waals surface area contributed by atoms with Gasteiger partial charge in [0.1, 0.15) is 5.75 Å². The number of sulfonamides is 1. The number of hydrogen-bond donors (Lipinski definition) is 2. The fourth-order valence-electron chi connectivity index (χ4n) is 2.32. The number of nitrogens with one attached hydrogen (secondary N) is 2. The maximum Gasteiger partial charge on any atom is 0.243 e. The Morgan fingerprint density at radius 1 is 1.00 bits per heavy atom. The molecule has 8 nitrogen and oxygen atoms in total. The van der Waals surface area contributed by atoms with Gasteiger partial charge in [0.2, 0.25) is 21.8 Å². The smallest absolute Gasteiger partial charge is 0.243 e. The summed E-state index contributed by atoms with van der Waals surface area (Å²) in [4.78, 5) is 24.0. The molecule has 2 amide bonds. The summed E-state index contributed by atoms with van der Waals surface area (Å²) in [5, 5.41) is 5.09. The number of rotatable bonds is 9. The predicted molar refractivity (Wildman–Crippen MR) is 112 cm³/mol. The van der Waals surface area contributed by atoms with Crippen LogP contribution < -0.4 is 15.4 Å². The van der Waals surface area contributed by atoms with E-state index in [1.165, 1.54) is 19.2 Å². The molecule has 10 heteroatoms. The number of nitrogens with zero attached hydrogens (tertiary/aromatic N) is 1. The van der Waals surface area contributed by atoms with Crippen LogP contribution in [0.3, 0.4) is 0 Å². The standard InChI is InChI=1S/C19H22BrN3O5S/c1-23(29(26,27)17-9-5-15(20)6-10-17)13-19(25)22-12-18(24)21-11-14-3-7-16(28-2)8-4-14/h3-10H,11-13H2,1-2H3,(H,21,24)(H,22,25). The fraction of sp³-hybridized carbons (Fsp3) is 0.263. The molecule has 2 aromatic rings. The lowest BCUT2D eigenvalue weighted by molar-refractivity contribution is -0.126. The first-order valence-corrected chi connectivity index (χ1v) is 10.8. The number of carbonyl (C=O) groups is 2. The minimum absolute atomic E-state index is 0.0771. The van der Waals surface area contributed by atoms with Crippen LogP contribution in [-0.2, 0) is 26.2 Å². The molecule has 2 aromatic carbocycles. The van der Waals surface area contributed by atoms with Gasteiger partial charge in [0, 0.05) is 18.1 Å². The molecule has 0 fully saturated rings. The molecule has 0 aliphatic heterocycles. The molecule has 2 rings (SSSR count). The summed E-state index contributed by atoms with van der Waals surface area (Å²) in [6.45, 7) is -0.345. The average Bonchev–Trinajstić information content (AvgIpc) is 2.71. The number of methoxy groups -OCH3 is 1. The highest BCUT2D eigenvalue weighted by Crippen LogP contribution is 2.17. The topological polar surface area (TPSA) is 105 Å². The van der Waals surface area contributed by atoms with Crippen molar-refractivity contribution in [2.24, 2.45) is 0 Å². The van der Waals surface area contributed by atoms with Crippen molar-refractivity contribution in [3.05, 3.63) is 58.6 Å². The van der Waals surface area contributed by atoms with Gasteiger partial charge in [-0.25, -0.2) is 8.42 Å². The zero-order chi connectivity index (χ0) is 21.4. The van der Waals surface area contributed by atoms with E-state index < -0.39 is 22.5 Å².